The van der Waals surface area contributed by atoms with Gasteiger partial charge in [0.25, 0.3) is 0 Å². The fourth-order valence-corrected chi connectivity index (χ4v) is 2.23. The molecule has 0 aliphatic rings. The van der Waals surface area contributed by atoms with Crippen molar-refractivity contribution in [2.45, 2.75) is 32.4 Å². The summed E-state index contributed by atoms with van der Waals surface area (Å²) in [6, 6.07) is 4.26. The van der Waals surface area contributed by atoms with Crippen LogP contribution in [0.15, 0.2) is 22.7 Å². The zero-order valence-electron chi connectivity index (χ0n) is 8.97. The first-order valence-corrected chi connectivity index (χ1v) is 5.83. The topological polar surface area (TPSA) is 70.6 Å². The van der Waals surface area contributed by atoms with Crippen molar-refractivity contribution in [3.8, 4) is 0 Å². The van der Waals surface area contributed by atoms with Gasteiger partial charge in [0.15, 0.2) is 5.84 Å². The van der Waals surface area contributed by atoms with Crippen LogP contribution < -0.4 is 11.1 Å². The average molecular weight is 227 g/mol. The van der Waals surface area contributed by atoms with Gasteiger partial charge in [-0.1, -0.05) is 18.1 Å². The molecule has 4 N–H and O–H groups in total. The van der Waals surface area contributed by atoms with Crippen molar-refractivity contribution in [3.63, 3.8) is 0 Å². The third kappa shape index (κ3) is 3.21. The highest BCUT2D eigenvalue weighted by molar-refractivity contribution is 7.10. The number of hydrogen-bond acceptors (Lipinski definition) is 4. The van der Waals surface area contributed by atoms with Crippen LogP contribution in [0.2, 0.25) is 0 Å². The summed E-state index contributed by atoms with van der Waals surface area (Å²) in [6.07, 6.45) is 0.976. The van der Waals surface area contributed by atoms with Gasteiger partial charge < -0.3 is 10.9 Å². The van der Waals surface area contributed by atoms with Gasteiger partial charge in [-0.3, -0.25) is 5.32 Å². The lowest BCUT2D eigenvalue weighted by Crippen LogP contribution is -2.40. The summed E-state index contributed by atoms with van der Waals surface area (Å²) in [5, 5.41) is 16.9. The van der Waals surface area contributed by atoms with E-state index in [1.807, 2.05) is 18.4 Å². The Morgan fingerprint density at radius 2 is 2.47 bits per heavy atom. The molecule has 84 valence electrons. The molecule has 0 saturated heterocycles. The van der Waals surface area contributed by atoms with Crippen molar-refractivity contribution in [1.82, 2.24) is 5.32 Å². The molecule has 0 aliphatic heterocycles. The minimum absolute atomic E-state index is 0.123. The lowest BCUT2D eigenvalue weighted by molar-refractivity contribution is 0.314. The van der Waals surface area contributed by atoms with E-state index in [-0.39, 0.29) is 17.9 Å². The van der Waals surface area contributed by atoms with Gasteiger partial charge in [-0.25, -0.2) is 0 Å². The molecule has 1 aromatic heterocycles. The zero-order chi connectivity index (χ0) is 11.3. The Morgan fingerprint density at radius 1 is 1.73 bits per heavy atom. The van der Waals surface area contributed by atoms with E-state index >= 15 is 0 Å². The molecule has 2 atom stereocenters. The molecule has 0 aliphatic carbocycles. The lowest BCUT2D eigenvalue weighted by Gasteiger charge is -2.20. The molecule has 15 heavy (non-hydrogen) atoms. The molecule has 0 amide bonds. The molecule has 0 saturated carbocycles. The van der Waals surface area contributed by atoms with Crippen molar-refractivity contribution in [2.75, 3.05) is 0 Å². The van der Waals surface area contributed by atoms with Crippen LogP contribution in [0.3, 0.4) is 0 Å². The first-order valence-electron chi connectivity index (χ1n) is 4.95. The minimum atomic E-state index is -0.123. The van der Waals surface area contributed by atoms with Gasteiger partial charge in [0.1, 0.15) is 0 Å². The van der Waals surface area contributed by atoms with Gasteiger partial charge in [0.05, 0.1) is 6.04 Å². The molecule has 0 spiro atoms. The van der Waals surface area contributed by atoms with Gasteiger partial charge >= 0.3 is 0 Å². The van der Waals surface area contributed by atoms with Crippen molar-refractivity contribution in [2.24, 2.45) is 10.9 Å². The number of amidine groups is 1. The Kier molecular flexibility index (Phi) is 4.58. The molecule has 1 rings (SSSR count). The average Bonchev–Trinajstić information content (AvgIpc) is 2.77. The molecule has 1 aromatic rings. The first kappa shape index (κ1) is 12.0. The quantitative estimate of drug-likeness (QED) is 0.311. The zero-order valence-corrected chi connectivity index (χ0v) is 9.79. The second kappa shape index (κ2) is 5.72. The van der Waals surface area contributed by atoms with Crippen molar-refractivity contribution in [1.29, 1.82) is 0 Å². The standard InChI is InChI=1S/C10H17N3OS/c1-3-8(9-5-4-6-15-9)12-7(2)10(11)13-14/h4-8,12,14H,3H2,1-2H3,(H2,11,13). The predicted octanol–water partition coefficient (Wildman–Crippen LogP) is 1.92. The number of nitrogens with two attached hydrogens (primary N) is 1. The Morgan fingerprint density at radius 3 is 2.93 bits per heavy atom. The van der Waals surface area contributed by atoms with Gasteiger partial charge in [-0.2, -0.15) is 0 Å². The Bertz CT molecular complexity index is 310. The predicted molar refractivity (Wildman–Crippen MR) is 63.4 cm³/mol. The monoisotopic (exact) mass is 227 g/mol. The minimum Gasteiger partial charge on any atom is -0.409 e. The highest BCUT2D eigenvalue weighted by Crippen LogP contribution is 2.21. The molecule has 5 heteroatoms. The van der Waals surface area contributed by atoms with Crippen molar-refractivity contribution >= 4 is 17.2 Å². The van der Waals surface area contributed by atoms with Gasteiger partial charge in [0, 0.05) is 10.9 Å². The summed E-state index contributed by atoms with van der Waals surface area (Å²) in [4.78, 5) is 1.27. The first-order chi connectivity index (χ1) is 7.19. The Balaban J connectivity index is 2.62. The normalized spacial score (nSPS) is 16.3. The van der Waals surface area contributed by atoms with E-state index in [4.69, 9.17) is 10.9 Å². The molecule has 0 radical (unpaired) electrons. The molecular weight excluding hydrogens is 210 g/mol. The van der Waals surface area contributed by atoms with Crippen LogP contribution in [0.1, 0.15) is 31.2 Å². The van der Waals surface area contributed by atoms with Crippen LogP contribution in [0, 0.1) is 0 Å². The van der Waals surface area contributed by atoms with E-state index in [1.54, 1.807) is 11.3 Å². The van der Waals surface area contributed by atoms with Gasteiger partial charge in [-0.15, -0.1) is 11.3 Å². The summed E-state index contributed by atoms with van der Waals surface area (Å²) < 4.78 is 0. The maximum absolute atomic E-state index is 8.55. The second-order valence-corrected chi connectivity index (χ2v) is 4.37. The number of rotatable bonds is 5. The van der Waals surface area contributed by atoms with E-state index in [0.29, 0.717) is 0 Å². The van der Waals surface area contributed by atoms with Crippen LogP contribution in [0.5, 0.6) is 0 Å². The second-order valence-electron chi connectivity index (χ2n) is 3.39. The maximum atomic E-state index is 8.55. The molecular formula is C10H17N3OS. The van der Waals surface area contributed by atoms with Crippen LogP contribution in [-0.4, -0.2) is 17.1 Å². The molecule has 4 nitrogen and oxygen atoms in total. The fourth-order valence-electron chi connectivity index (χ4n) is 1.36. The van der Waals surface area contributed by atoms with Gasteiger partial charge in [0.2, 0.25) is 0 Å². The molecule has 0 fully saturated rings. The largest absolute Gasteiger partial charge is 0.409 e. The number of nitrogens with zero attached hydrogens (tertiary/aromatic N) is 1. The molecule has 0 bridgehead atoms. The van der Waals surface area contributed by atoms with Crippen molar-refractivity contribution in [3.05, 3.63) is 22.4 Å². The number of thiophene rings is 1. The Hall–Kier alpha value is -1.07. The summed E-state index contributed by atoms with van der Waals surface area (Å²) in [7, 11) is 0. The molecule has 0 aromatic carbocycles. The van der Waals surface area contributed by atoms with E-state index in [9.17, 15) is 0 Å². The Labute approximate surface area is 93.8 Å². The summed E-state index contributed by atoms with van der Waals surface area (Å²) >= 11 is 1.71. The lowest BCUT2D eigenvalue weighted by atomic mass is 10.1. The van der Waals surface area contributed by atoms with Gasteiger partial charge in [-0.05, 0) is 24.8 Å². The van der Waals surface area contributed by atoms with Crippen LogP contribution in [0.25, 0.3) is 0 Å². The fraction of sp³-hybridized carbons (Fsp3) is 0.500. The van der Waals surface area contributed by atoms with E-state index < -0.39 is 0 Å². The number of hydrogen-bond donors (Lipinski definition) is 3. The van der Waals surface area contributed by atoms with E-state index in [1.165, 1.54) is 4.88 Å². The summed E-state index contributed by atoms with van der Waals surface area (Å²) in [6.45, 7) is 3.99. The molecule has 1 heterocycles. The van der Waals surface area contributed by atoms with Crippen LogP contribution in [0.4, 0.5) is 0 Å². The third-order valence-electron chi connectivity index (χ3n) is 2.31. The van der Waals surface area contributed by atoms with Crippen LogP contribution in [-0.2, 0) is 0 Å². The summed E-state index contributed by atoms with van der Waals surface area (Å²) in [5.74, 6) is 0.213. The number of nitrogens with one attached hydrogen (secondary N) is 1. The third-order valence-corrected chi connectivity index (χ3v) is 3.29. The smallest absolute Gasteiger partial charge is 0.156 e. The summed E-state index contributed by atoms with van der Waals surface area (Å²) in [5.41, 5.74) is 5.51. The SMILES string of the molecule is CCC(NC(C)C(N)=NO)c1cccs1. The molecule has 2 unspecified atom stereocenters. The van der Waals surface area contributed by atoms with Crippen molar-refractivity contribution < 1.29 is 5.21 Å². The number of oxime groups is 1. The van der Waals surface area contributed by atoms with Crippen LogP contribution >= 0.6 is 11.3 Å². The van der Waals surface area contributed by atoms with E-state index in [2.05, 4.69) is 23.5 Å². The highest BCUT2D eigenvalue weighted by atomic mass is 32.1. The van der Waals surface area contributed by atoms with E-state index in [0.717, 1.165) is 6.42 Å². The maximum Gasteiger partial charge on any atom is 0.156 e. The highest BCUT2D eigenvalue weighted by Gasteiger charge is 2.15.